The fraction of sp³-hybridized carbons (Fsp3) is 0.500. The molecule has 2 aliphatic carbocycles. The summed E-state index contributed by atoms with van der Waals surface area (Å²) in [6.07, 6.45) is 6.32. The Morgan fingerprint density at radius 2 is 2.00 bits per heavy atom. The maximum absolute atomic E-state index is 13.3. The van der Waals surface area contributed by atoms with Crippen LogP contribution in [0.3, 0.4) is 0 Å². The van der Waals surface area contributed by atoms with Crippen molar-refractivity contribution in [2.45, 2.75) is 51.1 Å². The topological polar surface area (TPSA) is 69.2 Å². The maximum atomic E-state index is 13.3. The molecule has 2 aromatic rings. The highest BCUT2D eigenvalue weighted by atomic mass is 16.3. The lowest BCUT2D eigenvalue weighted by Crippen LogP contribution is -2.44. The van der Waals surface area contributed by atoms with Gasteiger partial charge in [0.2, 0.25) is 0 Å². The first-order valence-electron chi connectivity index (χ1n) is 9.30. The van der Waals surface area contributed by atoms with Gasteiger partial charge in [-0.1, -0.05) is 30.3 Å². The lowest BCUT2D eigenvalue weighted by molar-refractivity contribution is 0.0524. The van der Waals surface area contributed by atoms with Gasteiger partial charge < -0.3 is 10.0 Å². The zero-order chi connectivity index (χ0) is 17.2. The number of aliphatic hydroxyl groups excluding tert-OH is 1. The second-order valence-electron chi connectivity index (χ2n) is 7.24. The van der Waals surface area contributed by atoms with E-state index in [-0.39, 0.29) is 18.6 Å². The molecule has 1 atom stereocenters. The first-order valence-corrected chi connectivity index (χ1v) is 9.30. The first kappa shape index (κ1) is 16.3. The Kier molecular flexibility index (Phi) is 4.57. The smallest absolute Gasteiger partial charge is 0.275 e. The van der Waals surface area contributed by atoms with Gasteiger partial charge in [-0.15, -0.1) is 0 Å². The minimum absolute atomic E-state index is 0.00978. The van der Waals surface area contributed by atoms with Crippen molar-refractivity contribution in [1.29, 1.82) is 0 Å². The van der Waals surface area contributed by atoms with E-state index in [0.717, 1.165) is 55.3 Å². The highest BCUT2D eigenvalue weighted by Gasteiger charge is 2.38. The number of carbonyl (C=O) groups is 1. The van der Waals surface area contributed by atoms with Crippen molar-refractivity contribution < 1.29 is 9.90 Å². The van der Waals surface area contributed by atoms with Gasteiger partial charge in [0.05, 0.1) is 12.6 Å². The third-order valence-electron chi connectivity index (χ3n) is 5.47. The molecule has 25 heavy (non-hydrogen) atoms. The number of aryl methyl sites for hydroxylation is 1. The zero-order valence-electron chi connectivity index (χ0n) is 14.4. The molecule has 0 unspecified atom stereocenters. The van der Waals surface area contributed by atoms with Crippen molar-refractivity contribution in [3.05, 3.63) is 52.8 Å². The monoisotopic (exact) mass is 339 g/mol. The van der Waals surface area contributed by atoms with Gasteiger partial charge in [-0.2, -0.15) is 5.10 Å². The summed E-state index contributed by atoms with van der Waals surface area (Å²) < 4.78 is 0. The van der Waals surface area contributed by atoms with Crippen LogP contribution in [0.2, 0.25) is 0 Å². The average Bonchev–Trinajstić information content (AvgIpc) is 3.40. The highest BCUT2D eigenvalue weighted by Crippen LogP contribution is 2.36. The van der Waals surface area contributed by atoms with E-state index in [9.17, 15) is 9.90 Å². The largest absolute Gasteiger partial charge is 0.394 e. The number of aromatic amines is 1. The molecule has 2 N–H and O–H groups in total. The molecule has 0 bridgehead atoms. The molecule has 0 radical (unpaired) electrons. The molecule has 0 aliphatic heterocycles. The van der Waals surface area contributed by atoms with Crippen LogP contribution in [0.5, 0.6) is 0 Å². The Morgan fingerprint density at radius 3 is 2.72 bits per heavy atom. The van der Waals surface area contributed by atoms with Gasteiger partial charge in [0.15, 0.2) is 5.69 Å². The number of nitrogens with zero attached hydrogens (tertiary/aromatic N) is 2. The Morgan fingerprint density at radius 1 is 1.24 bits per heavy atom. The van der Waals surface area contributed by atoms with Gasteiger partial charge in [0, 0.05) is 17.8 Å². The molecule has 132 valence electrons. The number of aliphatic hydroxyl groups is 1. The van der Waals surface area contributed by atoms with Gasteiger partial charge >= 0.3 is 0 Å². The van der Waals surface area contributed by atoms with Crippen LogP contribution in [0.25, 0.3) is 0 Å². The standard InChI is InChI=1S/C20H25N3O2/c24-13-18(15-10-11-15)23(12-14-6-2-1-3-7-14)20(25)19-16-8-4-5-9-17(16)21-22-19/h1-3,6-7,15,18,24H,4-5,8-13H2,(H,21,22)/t18-/m0/s1. The second kappa shape index (κ2) is 7.00. The van der Waals surface area contributed by atoms with Crippen molar-refractivity contribution in [1.82, 2.24) is 15.1 Å². The Balaban J connectivity index is 1.64. The molecule has 1 saturated carbocycles. The summed E-state index contributed by atoms with van der Waals surface area (Å²) >= 11 is 0. The number of benzene rings is 1. The lowest BCUT2D eigenvalue weighted by atomic mass is 9.95. The van der Waals surface area contributed by atoms with Crippen LogP contribution in [-0.4, -0.2) is 38.8 Å². The molecule has 5 nitrogen and oxygen atoms in total. The summed E-state index contributed by atoms with van der Waals surface area (Å²) in [5, 5.41) is 17.4. The Labute approximate surface area is 148 Å². The zero-order valence-corrected chi connectivity index (χ0v) is 14.4. The second-order valence-corrected chi connectivity index (χ2v) is 7.24. The molecule has 2 aliphatic rings. The predicted molar refractivity (Wildman–Crippen MR) is 95.1 cm³/mol. The highest BCUT2D eigenvalue weighted by molar-refractivity contribution is 5.94. The van der Waals surface area contributed by atoms with E-state index in [1.54, 1.807) is 0 Å². The summed E-state index contributed by atoms with van der Waals surface area (Å²) in [6.45, 7) is 0.527. The van der Waals surface area contributed by atoms with Crippen molar-refractivity contribution in [3.8, 4) is 0 Å². The van der Waals surface area contributed by atoms with Gasteiger partial charge in [0.1, 0.15) is 0 Å². The number of hydrogen-bond acceptors (Lipinski definition) is 3. The normalized spacial score (nSPS) is 17.8. The molecule has 5 heteroatoms. The minimum atomic E-state index is -0.122. The van der Waals surface area contributed by atoms with Crippen molar-refractivity contribution in [2.75, 3.05) is 6.61 Å². The van der Waals surface area contributed by atoms with E-state index in [1.807, 2.05) is 35.2 Å². The minimum Gasteiger partial charge on any atom is -0.394 e. The molecular formula is C20H25N3O2. The quantitative estimate of drug-likeness (QED) is 0.850. The van der Waals surface area contributed by atoms with Crippen molar-refractivity contribution in [3.63, 3.8) is 0 Å². The van der Waals surface area contributed by atoms with Gasteiger partial charge in [-0.05, 0) is 50.0 Å². The van der Waals surface area contributed by atoms with Gasteiger partial charge in [0.25, 0.3) is 5.91 Å². The Bertz CT molecular complexity index is 737. The van der Waals surface area contributed by atoms with Crippen molar-refractivity contribution in [2.24, 2.45) is 5.92 Å². The van der Waals surface area contributed by atoms with Crippen LogP contribution in [0.1, 0.15) is 53.0 Å². The van der Waals surface area contributed by atoms with Crippen LogP contribution in [-0.2, 0) is 19.4 Å². The van der Waals surface area contributed by atoms with E-state index in [0.29, 0.717) is 18.2 Å². The molecule has 1 heterocycles. The molecule has 1 fully saturated rings. The summed E-state index contributed by atoms with van der Waals surface area (Å²) in [6, 6.07) is 9.88. The van der Waals surface area contributed by atoms with Gasteiger partial charge in [-0.25, -0.2) is 0 Å². The number of H-pyrrole nitrogens is 1. The molecule has 1 aromatic carbocycles. The van der Waals surface area contributed by atoms with Crippen LogP contribution >= 0.6 is 0 Å². The maximum Gasteiger partial charge on any atom is 0.275 e. The fourth-order valence-corrected chi connectivity index (χ4v) is 3.90. The van der Waals surface area contributed by atoms with Crippen LogP contribution < -0.4 is 0 Å². The number of carbonyl (C=O) groups excluding carboxylic acids is 1. The summed E-state index contributed by atoms with van der Waals surface area (Å²) in [5.41, 5.74) is 3.84. The van der Waals surface area contributed by atoms with Crippen LogP contribution in [0, 0.1) is 5.92 Å². The number of nitrogens with one attached hydrogen (secondary N) is 1. The van der Waals surface area contributed by atoms with E-state index >= 15 is 0 Å². The molecular weight excluding hydrogens is 314 g/mol. The van der Waals surface area contributed by atoms with E-state index < -0.39 is 0 Å². The Hall–Kier alpha value is -2.14. The average molecular weight is 339 g/mol. The first-order chi connectivity index (χ1) is 12.3. The third kappa shape index (κ3) is 3.33. The number of hydrogen-bond donors (Lipinski definition) is 2. The number of aromatic nitrogens is 2. The SMILES string of the molecule is O=C(c1n[nH]c2c1CCCC2)N(Cc1ccccc1)[C@@H](CO)C1CC1. The summed E-state index contributed by atoms with van der Waals surface area (Å²) in [4.78, 5) is 15.2. The molecule has 0 saturated heterocycles. The van der Waals surface area contributed by atoms with Crippen LogP contribution in [0.15, 0.2) is 30.3 Å². The molecule has 1 aromatic heterocycles. The number of amides is 1. The van der Waals surface area contributed by atoms with E-state index in [1.165, 1.54) is 0 Å². The molecule has 0 spiro atoms. The summed E-state index contributed by atoms with van der Waals surface area (Å²) in [7, 11) is 0. The number of fused-ring (bicyclic) bond motifs is 1. The molecule has 4 rings (SSSR count). The third-order valence-corrected chi connectivity index (χ3v) is 5.47. The van der Waals surface area contributed by atoms with Gasteiger partial charge in [-0.3, -0.25) is 9.89 Å². The number of rotatable bonds is 6. The molecule has 1 amide bonds. The van der Waals surface area contributed by atoms with Crippen molar-refractivity contribution >= 4 is 5.91 Å². The summed E-state index contributed by atoms with van der Waals surface area (Å²) in [5.74, 6) is 0.363. The van der Waals surface area contributed by atoms with Crippen LogP contribution in [0.4, 0.5) is 0 Å². The fourth-order valence-electron chi connectivity index (χ4n) is 3.90. The predicted octanol–water partition coefficient (Wildman–Crippen LogP) is 2.70. The van der Waals surface area contributed by atoms with E-state index in [4.69, 9.17) is 0 Å². The van der Waals surface area contributed by atoms with E-state index in [2.05, 4.69) is 10.2 Å². The lowest BCUT2D eigenvalue weighted by Gasteiger charge is -2.31.